The van der Waals surface area contributed by atoms with Crippen molar-refractivity contribution in [1.82, 2.24) is 4.98 Å². The minimum Gasteiger partial charge on any atom is -0.496 e. The van der Waals surface area contributed by atoms with Gasteiger partial charge in [-0.3, -0.25) is 0 Å². The average Bonchev–Trinajstić information content (AvgIpc) is 2.70. The fraction of sp³-hybridized carbons (Fsp3) is 0.0909. The van der Waals surface area contributed by atoms with Crippen molar-refractivity contribution in [3.63, 3.8) is 0 Å². The highest BCUT2D eigenvalue weighted by molar-refractivity contribution is 9.10. The summed E-state index contributed by atoms with van der Waals surface area (Å²) in [5, 5.41) is 9.64. The molecule has 0 saturated carbocycles. The SMILES string of the molecule is COc1ccccc1-c1nc(Br)c(C#N)s1. The Balaban J connectivity index is 2.55. The largest absolute Gasteiger partial charge is 0.496 e. The van der Waals surface area contributed by atoms with Gasteiger partial charge in [0, 0.05) is 0 Å². The molecule has 1 aromatic carbocycles. The molecule has 16 heavy (non-hydrogen) atoms. The number of rotatable bonds is 2. The summed E-state index contributed by atoms with van der Waals surface area (Å²) >= 11 is 4.60. The zero-order valence-electron chi connectivity index (χ0n) is 8.40. The minimum atomic E-state index is 0.570. The van der Waals surface area contributed by atoms with Gasteiger partial charge in [-0.2, -0.15) is 5.26 Å². The highest BCUT2D eigenvalue weighted by Gasteiger charge is 2.13. The first-order valence-corrected chi connectivity index (χ1v) is 6.07. The van der Waals surface area contributed by atoms with Crippen LogP contribution < -0.4 is 4.74 Å². The number of nitrogens with zero attached hydrogens (tertiary/aromatic N) is 2. The lowest BCUT2D eigenvalue weighted by molar-refractivity contribution is 0.416. The highest BCUT2D eigenvalue weighted by atomic mass is 79.9. The minimum absolute atomic E-state index is 0.570. The fourth-order valence-corrected chi connectivity index (χ4v) is 2.72. The Morgan fingerprint density at radius 2 is 2.19 bits per heavy atom. The Labute approximate surface area is 105 Å². The Bertz CT molecular complexity index is 559. The van der Waals surface area contributed by atoms with Gasteiger partial charge in [0.05, 0.1) is 12.7 Å². The zero-order chi connectivity index (χ0) is 11.5. The van der Waals surface area contributed by atoms with Gasteiger partial charge in [-0.05, 0) is 28.1 Å². The maximum atomic E-state index is 8.86. The summed E-state index contributed by atoms with van der Waals surface area (Å²) in [6.07, 6.45) is 0. The zero-order valence-corrected chi connectivity index (χ0v) is 10.8. The van der Waals surface area contributed by atoms with Crippen molar-refractivity contribution in [2.45, 2.75) is 0 Å². The number of halogens is 1. The second-order valence-electron chi connectivity index (χ2n) is 2.95. The van der Waals surface area contributed by atoms with E-state index < -0.39 is 0 Å². The Morgan fingerprint density at radius 1 is 1.44 bits per heavy atom. The van der Waals surface area contributed by atoms with Crippen LogP contribution in [-0.2, 0) is 0 Å². The lowest BCUT2D eigenvalue weighted by atomic mass is 10.2. The molecule has 0 aliphatic rings. The van der Waals surface area contributed by atoms with Gasteiger partial charge in [-0.25, -0.2) is 4.98 Å². The summed E-state index contributed by atoms with van der Waals surface area (Å²) in [7, 11) is 1.62. The number of hydrogen-bond acceptors (Lipinski definition) is 4. The number of aromatic nitrogens is 1. The van der Waals surface area contributed by atoms with Crippen molar-refractivity contribution in [3.05, 3.63) is 33.7 Å². The first-order valence-electron chi connectivity index (χ1n) is 4.46. The molecule has 2 aromatic rings. The lowest BCUT2D eigenvalue weighted by Crippen LogP contribution is -1.86. The van der Waals surface area contributed by atoms with Crippen LogP contribution in [0.15, 0.2) is 28.9 Å². The molecular weight excluding hydrogens is 288 g/mol. The van der Waals surface area contributed by atoms with E-state index in [0.29, 0.717) is 9.48 Å². The molecule has 2 rings (SSSR count). The molecule has 0 bridgehead atoms. The van der Waals surface area contributed by atoms with Gasteiger partial charge in [0.15, 0.2) is 0 Å². The number of para-hydroxylation sites is 1. The maximum Gasteiger partial charge on any atom is 0.139 e. The number of methoxy groups -OCH3 is 1. The molecule has 5 heteroatoms. The van der Waals surface area contributed by atoms with E-state index in [-0.39, 0.29) is 0 Å². The van der Waals surface area contributed by atoms with Crippen LogP contribution in [0.5, 0.6) is 5.75 Å². The van der Waals surface area contributed by atoms with Crippen LogP contribution in [0.1, 0.15) is 4.88 Å². The summed E-state index contributed by atoms with van der Waals surface area (Å²) in [5.41, 5.74) is 0.900. The summed E-state index contributed by atoms with van der Waals surface area (Å²) in [5.74, 6) is 0.758. The van der Waals surface area contributed by atoms with Gasteiger partial charge in [0.25, 0.3) is 0 Å². The molecule has 0 atom stereocenters. The second-order valence-corrected chi connectivity index (χ2v) is 4.70. The van der Waals surface area contributed by atoms with Crippen LogP contribution in [0, 0.1) is 11.3 Å². The van der Waals surface area contributed by atoms with Crippen molar-refractivity contribution < 1.29 is 4.74 Å². The molecule has 0 radical (unpaired) electrons. The molecule has 0 spiro atoms. The maximum absolute atomic E-state index is 8.86. The van der Waals surface area contributed by atoms with Gasteiger partial charge >= 0.3 is 0 Å². The number of hydrogen-bond donors (Lipinski definition) is 0. The molecule has 0 unspecified atom stereocenters. The Hall–Kier alpha value is -1.38. The van der Waals surface area contributed by atoms with E-state index in [2.05, 4.69) is 27.0 Å². The average molecular weight is 295 g/mol. The first-order chi connectivity index (χ1) is 7.76. The van der Waals surface area contributed by atoms with Gasteiger partial charge in [0.2, 0.25) is 0 Å². The first kappa shape index (κ1) is 11.1. The van der Waals surface area contributed by atoms with E-state index in [9.17, 15) is 0 Å². The van der Waals surface area contributed by atoms with Gasteiger partial charge in [-0.1, -0.05) is 12.1 Å². The van der Waals surface area contributed by atoms with Crippen molar-refractivity contribution in [3.8, 4) is 22.4 Å². The molecule has 1 aromatic heterocycles. The van der Waals surface area contributed by atoms with Crippen LogP contribution in [0.25, 0.3) is 10.6 Å². The standard InChI is InChI=1S/C11H7BrN2OS/c1-15-8-5-3-2-4-7(8)11-14-10(12)9(6-13)16-11/h2-5H,1H3. The number of thiazole rings is 1. The third-order valence-corrected chi connectivity index (χ3v) is 3.85. The fourth-order valence-electron chi connectivity index (χ4n) is 1.31. The van der Waals surface area contributed by atoms with Crippen molar-refractivity contribution >= 4 is 27.3 Å². The number of benzene rings is 1. The molecule has 1 heterocycles. The monoisotopic (exact) mass is 294 g/mol. The molecule has 0 fully saturated rings. The summed E-state index contributed by atoms with van der Waals surface area (Å²) in [6, 6.07) is 9.70. The topological polar surface area (TPSA) is 45.9 Å². The molecule has 0 aliphatic heterocycles. The number of ether oxygens (including phenoxy) is 1. The van der Waals surface area contributed by atoms with E-state index >= 15 is 0 Å². The van der Waals surface area contributed by atoms with Crippen molar-refractivity contribution in [1.29, 1.82) is 5.26 Å². The predicted octanol–water partition coefficient (Wildman–Crippen LogP) is 3.45. The van der Waals surface area contributed by atoms with Crippen molar-refractivity contribution in [2.75, 3.05) is 7.11 Å². The highest BCUT2D eigenvalue weighted by Crippen LogP contribution is 2.35. The van der Waals surface area contributed by atoms with E-state index in [1.54, 1.807) is 7.11 Å². The molecular formula is C11H7BrN2OS. The van der Waals surface area contributed by atoms with Crippen LogP contribution in [0.3, 0.4) is 0 Å². The molecule has 3 nitrogen and oxygen atoms in total. The van der Waals surface area contributed by atoms with Gasteiger partial charge in [-0.15, -0.1) is 11.3 Å². The molecule has 0 amide bonds. The summed E-state index contributed by atoms with van der Waals surface area (Å²) < 4.78 is 5.84. The third kappa shape index (κ3) is 1.94. The van der Waals surface area contributed by atoms with E-state index in [1.165, 1.54) is 11.3 Å². The van der Waals surface area contributed by atoms with Gasteiger partial charge in [0.1, 0.15) is 26.3 Å². The predicted molar refractivity (Wildman–Crippen MR) is 66.5 cm³/mol. The second kappa shape index (κ2) is 4.64. The number of nitriles is 1. The molecule has 0 aliphatic carbocycles. The summed E-state index contributed by atoms with van der Waals surface area (Å²) in [4.78, 5) is 4.86. The van der Waals surface area contributed by atoms with E-state index in [0.717, 1.165) is 16.3 Å². The van der Waals surface area contributed by atoms with Crippen molar-refractivity contribution in [2.24, 2.45) is 0 Å². The smallest absolute Gasteiger partial charge is 0.139 e. The van der Waals surface area contributed by atoms with Crippen LogP contribution in [0.4, 0.5) is 0 Å². The van der Waals surface area contributed by atoms with E-state index in [1.807, 2.05) is 24.3 Å². The molecule has 80 valence electrons. The lowest BCUT2D eigenvalue weighted by Gasteiger charge is -2.04. The Kier molecular flexibility index (Phi) is 3.22. The van der Waals surface area contributed by atoms with Crippen LogP contribution in [-0.4, -0.2) is 12.1 Å². The molecule has 0 saturated heterocycles. The van der Waals surface area contributed by atoms with Gasteiger partial charge < -0.3 is 4.74 Å². The van der Waals surface area contributed by atoms with Crippen LogP contribution in [0.2, 0.25) is 0 Å². The Morgan fingerprint density at radius 3 is 2.81 bits per heavy atom. The summed E-state index contributed by atoms with van der Waals surface area (Å²) in [6.45, 7) is 0. The third-order valence-electron chi connectivity index (χ3n) is 2.02. The molecule has 0 N–H and O–H groups in total. The quantitative estimate of drug-likeness (QED) is 0.852. The van der Waals surface area contributed by atoms with Crippen LogP contribution >= 0.6 is 27.3 Å². The normalized spacial score (nSPS) is 9.81. The van der Waals surface area contributed by atoms with E-state index in [4.69, 9.17) is 10.00 Å².